The van der Waals surface area contributed by atoms with Crippen LogP contribution in [0.3, 0.4) is 0 Å². The van der Waals surface area contributed by atoms with E-state index in [1.54, 1.807) is 57.3 Å². The molecule has 1 saturated heterocycles. The molecular weight excluding hydrogens is 789 g/mol. The Bertz CT molecular complexity index is 2500. The van der Waals surface area contributed by atoms with Crippen LogP contribution in [0.2, 0.25) is 15.1 Å². The Hall–Kier alpha value is -5.67. The zero-order valence-corrected chi connectivity index (χ0v) is 33.6. The van der Waals surface area contributed by atoms with Gasteiger partial charge in [-0.15, -0.1) is 0 Å². The van der Waals surface area contributed by atoms with Crippen LogP contribution < -0.4 is 15.6 Å². The second-order valence-electron chi connectivity index (χ2n) is 14.4. The molecule has 1 atom stereocenters. The van der Waals surface area contributed by atoms with Crippen molar-refractivity contribution in [2.75, 3.05) is 13.2 Å². The molecule has 292 valence electrons. The lowest BCUT2D eigenvalue weighted by Crippen LogP contribution is -2.44. The van der Waals surface area contributed by atoms with Gasteiger partial charge in [0.15, 0.2) is 6.29 Å². The molecule has 1 N–H and O–H groups in total. The van der Waals surface area contributed by atoms with Crippen molar-refractivity contribution in [1.29, 1.82) is 5.26 Å². The van der Waals surface area contributed by atoms with Crippen molar-refractivity contribution < 1.29 is 23.9 Å². The summed E-state index contributed by atoms with van der Waals surface area (Å²) in [5.74, 6) is 0.238. The summed E-state index contributed by atoms with van der Waals surface area (Å²) in [5.41, 5.74) is 3.85. The molecule has 14 heteroatoms. The largest absolute Gasteiger partial charge is 0.492 e. The number of nitrogens with one attached hydrogen (secondary N) is 1. The monoisotopic (exact) mass is 825 g/mol. The fraction of sp³-hybridized carbons (Fsp3) is 0.256. The minimum Gasteiger partial charge on any atom is -0.492 e. The minimum atomic E-state index is -0.756. The summed E-state index contributed by atoms with van der Waals surface area (Å²) in [7, 11) is 0. The van der Waals surface area contributed by atoms with Crippen LogP contribution in [0.1, 0.15) is 67.1 Å². The smallest absolute Gasteiger partial charge is 0.410 e. The van der Waals surface area contributed by atoms with Gasteiger partial charge < -0.3 is 19.7 Å². The summed E-state index contributed by atoms with van der Waals surface area (Å²) in [5, 5.41) is 12.9. The van der Waals surface area contributed by atoms with E-state index in [9.17, 15) is 19.2 Å². The van der Waals surface area contributed by atoms with E-state index in [1.165, 1.54) is 21.6 Å². The summed E-state index contributed by atoms with van der Waals surface area (Å²) in [4.78, 5) is 56.4. The Balaban J connectivity index is 1.27. The summed E-state index contributed by atoms with van der Waals surface area (Å²) in [6, 6.07) is 19.6. The number of nitriles is 1. The van der Waals surface area contributed by atoms with Gasteiger partial charge in [0.05, 0.1) is 40.2 Å². The Labute approximate surface area is 344 Å². The highest BCUT2D eigenvalue weighted by atomic mass is 35.5. The molecule has 0 spiro atoms. The van der Waals surface area contributed by atoms with Crippen molar-refractivity contribution in [2.45, 2.75) is 58.2 Å². The number of hydrogen-bond donors (Lipinski definition) is 1. The van der Waals surface area contributed by atoms with Gasteiger partial charge in [-0.1, -0.05) is 83.4 Å². The number of aldehydes is 1. The number of rotatable bonds is 12. The van der Waals surface area contributed by atoms with Crippen LogP contribution in [0, 0.1) is 11.3 Å². The normalized spacial score (nSPS) is 14.1. The van der Waals surface area contributed by atoms with E-state index < -0.39 is 11.7 Å². The van der Waals surface area contributed by atoms with Crippen LogP contribution in [0.15, 0.2) is 77.9 Å². The van der Waals surface area contributed by atoms with Crippen molar-refractivity contribution in [3.05, 3.63) is 121 Å². The molecular formula is C43H38Cl3N5O6. The first kappa shape index (κ1) is 41.0. The van der Waals surface area contributed by atoms with Gasteiger partial charge in [0.1, 0.15) is 23.6 Å². The van der Waals surface area contributed by atoms with Crippen molar-refractivity contribution >= 4 is 70.9 Å². The molecule has 3 heterocycles. The molecule has 2 amide bonds. The van der Waals surface area contributed by atoms with Crippen LogP contribution in [0.4, 0.5) is 4.79 Å². The second-order valence-corrected chi connectivity index (χ2v) is 15.6. The Kier molecular flexibility index (Phi) is 12.7. The quantitative estimate of drug-likeness (QED) is 0.0745. The van der Waals surface area contributed by atoms with Crippen molar-refractivity contribution in [3.63, 3.8) is 0 Å². The maximum Gasteiger partial charge on any atom is 0.410 e. The number of hydrogen-bond acceptors (Lipinski definition) is 8. The van der Waals surface area contributed by atoms with E-state index >= 15 is 0 Å². The zero-order chi connectivity index (χ0) is 40.9. The van der Waals surface area contributed by atoms with Crippen LogP contribution in [-0.4, -0.2) is 57.4 Å². The lowest BCUT2D eigenvalue weighted by molar-refractivity contribution is -0.119. The molecule has 2 aromatic heterocycles. The summed E-state index contributed by atoms with van der Waals surface area (Å²) >= 11 is 20.6. The van der Waals surface area contributed by atoms with Crippen LogP contribution in [0.5, 0.6) is 5.75 Å². The number of benzene rings is 3. The minimum absolute atomic E-state index is 0.0566. The van der Waals surface area contributed by atoms with E-state index in [4.69, 9.17) is 49.5 Å². The maximum atomic E-state index is 13.7. The fourth-order valence-electron chi connectivity index (χ4n) is 6.37. The van der Waals surface area contributed by atoms with Gasteiger partial charge in [-0.25, -0.2) is 9.78 Å². The summed E-state index contributed by atoms with van der Waals surface area (Å²) < 4.78 is 12.7. The standard InChI is InChI=1S/C43H38Cl3N5O6/c1-43(2,3)57-42(55)50(24-31-13-14-38(53)49-31)23-30-22-48-37-21-27(15-17-51(37)41(30)54)32-8-5-10-34(40(32)46)33-9-4-7-26(39(33)45)11-12-28-20-36(56-18-6-16-47)29(25-52)19-35(28)44/h4-5,7-12,15,17,19-22,25,31H,6,13-14,18,23-24H2,1-3H3,(H,49,53)/b12-11+/t31-/m0/s1. The zero-order valence-electron chi connectivity index (χ0n) is 31.4. The molecule has 57 heavy (non-hydrogen) atoms. The Morgan fingerprint density at radius 3 is 2.42 bits per heavy atom. The van der Waals surface area contributed by atoms with E-state index in [1.807, 2.05) is 42.5 Å². The number of nitrogens with zero attached hydrogens (tertiary/aromatic N) is 4. The van der Waals surface area contributed by atoms with Gasteiger partial charge in [-0.3, -0.25) is 18.8 Å². The maximum absolute atomic E-state index is 13.7. The molecule has 1 fully saturated rings. The van der Waals surface area contributed by atoms with Crippen LogP contribution in [0.25, 0.3) is 40.1 Å². The molecule has 0 radical (unpaired) electrons. The van der Waals surface area contributed by atoms with E-state index in [0.29, 0.717) is 79.0 Å². The first-order valence-corrected chi connectivity index (χ1v) is 19.2. The van der Waals surface area contributed by atoms with Crippen LogP contribution >= 0.6 is 34.8 Å². The topological polar surface area (TPSA) is 143 Å². The molecule has 0 bridgehead atoms. The molecule has 6 rings (SSSR count). The fourth-order valence-corrected chi connectivity index (χ4v) is 7.23. The van der Waals surface area contributed by atoms with Gasteiger partial charge in [0.25, 0.3) is 5.56 Å². The number of pyridine rings is 1. The average Bonchev–Trinajstić information content (AvgIpc) is 3.59. The number of carbonyl (C=O) groups is 3. The number of carbonyl (C=O) groups excluding carboxylic acids is 3. The first-order valence-electron chi connectivity index (χ1n) is 18.1. The number of aromatic nitrogens is 2. The second kappa shape index (κ2) is 17.6. The summed E-state index contributed by atoms with van der Waals surface area (Å²) in [6.45, 7) is 5.55. The highest BCUT2D eigenvalue weighted by Gasteiger charge is 2.29. The molecule has 11 nitrogen and oxygen atoms in total. The molecule has 5 aromatic rings. The molecule has 0 aliphatic carbocycles. The predicted octanol–water partition coefficient (Wildman–Crippen LogP) is 9.28. The SMILES string of the molecule is CC(C)(C)OC(=O)N(Cc1cnc2cc(-c3cccc(-c4cccc(/C=C/c5cc(OCCC#N)c(C=O)cc5Cl)c4Cl)c3Cl)ccn2c1=O)C[C@@H]1CCC(=O)N1. The van der Waals surface area contributed by atoms with Crippen LogP contribution in [-0.2, 0) is 16.1 Å². The lowest BCUT2D eigenvalue weighted by atomic mass is 9.97. The van der Waals surface area contributed by atoms with Crippen molar-refractivity contribution in [3.8, 4) is 34.1 Å². The van der Waals surface area contributed by atoms with Gasteiger partial charge in [0, 0.05) is 53.1 Å². The number of halogens is 3. The van der Waals surface area contributed by atoms with Crippen molar-refractivity contribution in [2.24, 2.45) is 0 Å². The molecule has 3 aromatic carbocycles. The third kappa shape index (κ3) is 9.66. The summed E-state index contributed by atoms with van der Waals surface area (Å²) in [6.07, 6.45) is 7.80. The molecule has 0 saturated carbocycles. The molecule has 0 unspecified atom stereocenters. The van der Waals surface area contributed by atoms with Crippen molar-refractivity contribution in [1.82, 2.24) is 19.6 Å². The van der Waals surface area contributed by atoms with E-state index in [2.05, 4.69) is 10.3 Å². The number of ether oxygens (including phenoxy) is 2. The Morgan fingerprint density at radius 1 is 1.00 bits per heavy atom. The number of fused-ring (bicyclic) bond motifs is 1. The van der Waals surface area contributed by atoms with E-state index in [0.717, 1.165) is 0 Å². The van der Waals surface area contributed by atoms with E-state index in [-0.39, 0.29) is 54.8 Å². The third-order valence-electron chi connectivity index (χ3n) is 9.12. The van der Waals surface area contributed by atoms with Gasteiger partial charge >= 0.3 is 6.09 Å². The molecule has 1 aliphatic rings. The molecule has 1 aliphatic heterocycles. The third-order valence-corrected chi connectivity index (χ3v) is 10.3. The lowest BCUT2D eigenvalue weighted by Gasteiger charge is -2.29. The predicted molar refractivity (Wildman–Crippen MR) is 222 cm³/mol. The van der Waals surface area contributed by atoms with Gasteiger partial charge in [-0.05, 0) is 68.1 Å². The van der Waals surface area contributed by atoms with Gasteiger partial charge in [0.2, 0.25) is 5.91 Å². The average molecular weight is 827 g/mol. The Morgan fingerprint density at radius 2 is 1.72 bits per heavy atom. The first-order chi connectivity index (χ1) is 27.3. The number of amides is 2. The highest BCUT2D eigenvalue weighted by Crippen LogP contribution is 2.41. The highest BCUT2D eigenvalue weighted by molar-refractivity contribution is 6.39. The van der Waals surface area contributed by atoms with Gasteiger partial charge in [-0.2, -0.15) is 5.26 Å².